The van der Waals surface area contributed by atoms with Crippen LogP contribution in [-0.2, 0) is 19.6 Å². The molecule has 1 aromatic carbocycles. The third kappa shape index (κ3) is 7.33. The van der Waals surface area contributed by atoms with Crippen LogP contribution in [0.15, 0.2) is 52.1 Å². The molecule has 1 fully saturated rings. The van der Waals surface area contributed by atoms with Crippen molar-refractivity contribution in [2.45, 2.75) is 37.7 Å². The topological polar surface area (TPSA) is 52.8 Å². The first-order valence-electron chi connectivity index (χ1n) is 9.58. The van der Waals surface area contributed by atoms with E-state index < -0.39 is 0 Å². The molecule has 5 nitrogen and oxygen atoms in total. The number of thioether (sulfide) groups is 1. The predicted molar refractivity (Wildman–Crippen MR) is 129 cm³/mol. The predicted octanol–water partition coefficient (Wildman–Crippen LogP) is 4.09. The van der Waals surface area contributed by atoms with Crippen molar-refractivity contribution in [1.82, 2.24) is 15.5 Å². The molecule has 1 aliphatic rings. The van der Waals surface area contributed by atoms with Gasteiger partial charge < -0.3 is 15.1 Å². The molecule has 1 aromatic heterocycles. The molecule has 0 amide bonds. The first-order valence-corrected chi connectivity index (χ1v) is 10.6. The second-order valence-electron chi connectivity index (χ2n) is 6.96. The Kier molecular flexibility index (Phi) is 10.2. The molecule has 0 spiro atoms. The number of aliphatic imine (C=N–C) groups is 1. The summed E-state index contributed by atoms with van der Waals surface area (Å²) in [5.74, 6) is 3.15. The van der Waals surface area contributed by atoms with Gasteiger partial charge in [-0.2, -0.15) is 11.8 Å². The minimum absolute atomic E-state index is 0. The smallest absolute Gasteiger partial charge is 0.191 e. The van der Waals surface area contributed by atoms with Gasteiger partial charge in [-0.1, -0.05) is 24.3 Å². The van der Waals surface area contributed by atoms with Crippen LogP contribution in [0.1, 0.15) is 29.7 Å². The van der Waals surface area contributed by atoms with Gasteiger partial charge in [0.15, 0.2) is 5.96 Å². The van der Waals surface area contributed by atoms with E-state index in [1.54, 1.807) is 6.26 Å². The molecule has 1 unspecified atom stereocenters. The Labute approximate surface area is 189 Å². The Morgan fingerprint density at radius 2 is 2.00 bits per heavy atom. The molecule has 0 bridgehead atoms. The van der Waals surface area contributed by atoms with E-state index in [0.717, 1.165) is 37.9 Å². The summed E-state index contributed by atoms with van der Waals surface area (Å²) in [5.41, 5.74) is 2.61. The third-order valence-electron chi connectivity index (χ3n) is 4.76. The fourth-order valence-corrected chi connectivity index (χ4v) is 4.52. The Bertz CT molecular complexity index is 717. The Hall–Kier alpha value is -1.19. The van der Waals surface area contributed by atoms with Gasteiger partial charge in [0.25, 0.3) is 0 Å². The van der Waals surface area contributed by atoms with Crippen molar-refractivity contribution in [2.24, 2.45) is 4.99 Å². The van der Waals surface area contributed by atoms with Crippen LogP contribution in [0.3, 0.4) is 0 Å². The lowest BCUT2D eigenvalue weighted by atomic mass is 10.1. The lowest BCUT2D eigenvalue weighted by Gasteiger charge is -2.19. The van der Waals surface area contributed by atoms with Crippen molar-refractivity contribution < 1.29 is 4.42 Å². The zero-order chi connectivity index (χ0) is 18.9. The summed E-state index contributed by atoms with van der Waals surface area (Å²) in [4.78, 5) is 6.63. The Balaban J connectivity index is 0.00000280. The SMILES string of the molecule is CN=C(NCc1ccccc1CN(C)Cc1ccco1)NCC1CCCS1.I. The van der Waals surface area contributed by atoms with E-state index in [9.17, 15) is 0 Å². The van der Waals surface area contributed by atoms with Gasteiger partial charge >= 0.3 is 0 Å². The van der Waals surface area contributed by atoms with E-state index in [0.29, 0.717) is 5.25 Å². The minimum Gasteiger partial charge on any atom is -0.468 e. The molecule has 1 atom stereocenters. The zero-order valence-corrected chi connectivity index (χ0v) is 19.8. The number of guanidine groups is 1. The molecule has 2 heterocycles. The number of hydrogen-bond acceptors (Lipinski definition) is 4. The van der Waals surface area contributed by atoms with Crippen LogP contribution in [0, 0.1) is 0 Å². The van der Waals surface area contributed by atoms with E-state index in [1.165, 1.54) is 29.7 Å². The highest BCUT2D eigenvalue weighted by atomic mass is 127. The van der Waals surface area contributed by atoms with Gasteiger partial charge in [-0.3, -0.25) is 9.89 Å². The number of benzene rings is 1. The minimum atomic E-state index is 0. The van der Waals surface area contributed by atoms with E-state index >= 15 is 0 Å². The van der Waals surface area contributed by atoms with Crippen LogP contribution in [0.4, 0.5) is 0 Å². The summed E-state index contributed by atoms with van der Waals surface area (Å²) in [7, 11) is 3.95. The lowest BCUT2D eigenvalue weighted by molar-refractivity contribution is 0.287. The molecule has 3 rings (SSSR count). The van der Waals surface area contributed by atoms with Crippen molar-refractivity contribution >= 4 is 41.7 Å². The van der Waals surface area contributed by atoms with Crippen molar-refractivity contribution in [2.75, 3.05) is 26.4 Å². The van der Waals surface area contributed by atoms with Gasteiger partial charge in [-0.15, -0.1) is 24.0 Å². The van der Waals surface area contributed by atoms with E-state index in [1.807, 2.05) is 19.2 Å². The fourth-order valence-electron chi connectivity index (χ4n) is 3.31. The number of hydrogen-bond donors (Lipinski definition) is 2. The normalized spacial score (nSPS) is 16.8. The molecule has 0 radical (unpaired) electrons. The van der Waals surface area contributed by atoms with Crippen LogP contribution >= 0.6 is 35.7 Å². The number of halogens is 1. The van der Waals surface area contributed by atoms with Gasteiger partial charge in [-0.25, -0.2) is 0 Å². The molecular weight excluding hydrogens is 483 g/mol. The second kappa shape index (κ2) is 12.4. The van der Waals surface area contributed by atoms with Crippen LogP contribution in [0.2, 0.25) is 0 Å². The summed E-state index contributed by atoms with van der Waals surface area (Å²) in [6.45, 7) is 3.43. The molecule has 1 saturated heterocycles. The molecule has 0 saturated carbocycles. The van der Waals surface area contributed by atoms with Gasteiger partial charge in [0.05, 0.1) is 12.8 Å². The van der Waals surface area contributed by atoms with Gasteiger partial charge in [0.2, 0.25) is 0 Å². The number of rotatable bonds is 8. The number of furan rings is 1. The fraction of sp³-hybridized carbons (Fsp3) is 0.476. The maximum absolute atomic E-state index is 5.45. The third-order valence-corrected chi connectivity index (χ3v) is 6.15. The first-order chi connectivity index (χ1) is 13.2. The molecule has 0 aliphatic carbocycles. The average molecular weight is 514 g/mol. The van der Waals surface area contributed by atoms with E-state index in [2.05, 4.69) is 63.6 Å². The summed E-state index contributed by atoms with van der Waals surface area (Å²) >= 11 is 2.06. The first kappa shape index (κ1) is 23.1. The summed E-state index contributed by atoms with van der Waals surface area (Å²) in [6, 6.07) is 12.5. The zero-order valence-electron chi connectivity index (χ0n) is 16.7. The standard InChI is InChI=1S/C21H30N4OS.HI/c1-22-21(24-14-20-10-6-12-27-20)23-13-17-7-3-4-8-18(17)15-25(2)16-19-9-5-11-26-19;/h3-5,7-9,11,20H,6,10,12-16H2,1-2H3,(H2,22,23,24);1H. The van der Waals surface area contributed by atoms with Gasteiger partial charge in [0, 0.05) is 31.9 Å². The number of nitrogens with one attached hydrogen (secondary N) is 2. The molecule has 154 valence electrons. The lowest BCUT2D eigenvalue weighted by Crippen LogP contribution is -2.39. The van der Waals surface area contributed by atoms with E-state index in [4.69, 9.17) is 4.42 Å². The number of nitrogens with zero attached hydrogens (tertiary/aromatic N) is 2. The summed E-state index contributed by atoms with van der Waals surface area (Å²) < 4.78 is 5.45. The average Bonchev–Trinajstić information content (AvgIpc) is 3.37. The van der Waals surface area contributed by atoms with Crippen LogP contribution < -0.4 is 10.6 Å². The highest BCUT2D eigenvalue weighted by molar-refractivity contribution is 14.0. The maximum Gasteiger partial charge on any atom is 0.191 e. The van der Waals surface area contributed by atoms with Crippen molar-refractivity contribution in [3.63, 3.8) is 0 Å². The molecular formula is C21H31IN4OS. The van der Waals surface area contributed by atoms with Gasteiger partial charge in [0.1, 0.15) is 5.76 Å². The summed E-state index contributed by atoms with van der Waals surface area (Å²) in [5, 5.41) is 7.64. The van der Waals surface area contributed by atoms with Crippen molar-refractivity contribution in [3.8, 4) is 0 Å². The molecule has 28 heavy (non-hydrogen) atoms. The Morgan fingerprint density at radius 3 is 2.68 bits per heavy atom. The second-order valence-corrected chi connectivity index (χ2v) is 8.37. The van der Waals surface area contributed by atoms with Crippen LogP contribution in [0.5, 0.6) is 0 Å². The Morgan fingerprint density at radius 1 is 1.18 bits per heavy atom. The van der Waals surface area contributed by atoms with E-state index in [-0.39, 0.29) is 24.0 Å². The quantitative estimate of drug-likeness (QED) is 0.316. The molecule has 2 aromatic rings. The van der Waals surface area contributed by atoms with Crippen LogP contribution in [0.25, 0.3) is 0 Å². The molecule has 7 heteroatoms. The van der Waals surface area contributed by atoms with Crippen molar-refractivity contribution in [1.29, 1.82) is 0 Å². The van der Waals surface area contributed by atoms with Gasteiger partial charge in [-0.05, 0) is 48.9 Å². The highest BCUT2D eigenvalue weighted by Gasteiger charge is 2.15. The molecule has 1 aliphatic heterocycles. The van der Waals surface area contributed by atoms with Crippen LogP contribution in [-0.4, -0.2) is 42.5 Å². The highest BCUT2D eigenvalue weighted by Crippen LogP contribution is 2.25. The maximum atomic E-state index is 5.45. The largest absolute Gasteiger partial charge is 0.468 e. The molecule has 2 N–H and O–H groups in total. The monoisotopic (exact) mass is 514 g/mol. The summed E-state index contributed by atoms with van der Waals surface area (Å²) in [6.07, 6.45) is 4.37. The van der Waals surface area contributed by atoms with Crippen molar-refractivity contribution in [3.05, 3.63) is 59.5 Å².